The van der Waals surface area contributed by atoms with Crippen LogP contribution in [0.2, 0.25) is 0 Å². The van der Waals surface area contributed by atoms with E-state index in [0.717, 1.165) is 16.8 Å². The molecule has 0 bridgehead atoms. The second-order valence-corrected chi connectivity index (χ2v) is 5.01. The Balaban J connectivity index is 1.95. The Morgan fingerprint density at radius 3 is 2.70 bits per heavy atom. The van der Waals surface area contributed by atoms with E-state index in [1.807, 2.05) is 37.3 Å². The Morgan fingerprint density at radius 2 is 2.00 bits per heavy atom. The van der Waals surface area contributed by atoms with Crippen molar-refractivity contribution in [1.82, 2.24) is 10.3 Å². The minimum atomic E-state index is 0.379. The van der Waals surface area contributed by atoms with Gasteiger partial charge in [0.25, 0.3) is 0 Å². The SMILES string of the molecule is COc1ccc(CN=C(N)NCc2ncccc2C)cc1OC. The van der Waals surface area contributed by atoms with Crippen molar-refractivity contribution in [3.63, 3.8) is 0 Å². The molecule has 0 unspecified atom stereocenters. The quantitative estimate of drug-likeness (QED) is 0.629. The maximum Gasteiger partial charge on any atom is 0.189 e. The predicted octanol–water partition coefficient (Wildman–Crippen LogP) is 2.01. The first-order chi connectivity index (χ1) is 11.1. The van der Waals surface area contributed by atoms with Crippen molar-refractivity contribution in [2.45, 2.75) is 20.0 Å². The van der Waals surface area contributed by atoms with Crippen molar-refractivity contribution in [2.24, 2.45) is 10.7 Å². The van der Waals surface area contributed by atoms with Crippen molar-refractivity contribution in [2.75, 3.05) is 14.2 Å². The number of nitrogens with one attached hydrogen (secondary N) is 1. The standard InChI is InChI=1S/C17H22N4O2/c1-12-5-4-8-19-14(12)11-21-17(18)20-10-13-6-7-15(22-2)16(9-13)23-3/h4-9H,10-11H2,1-3H3,(H3,18,20,21). The summed E-state index contributed by atoms with van der Waals surface area (Å²) in [5, 5.41) is 3.07. The lowest BCUT2D eigenvalue weighted by molar-refractivity contribution is 0.354. The topological polar surface area (TPSA) is 81.8 Å². The zero-order valence-corrected chi connectivity index (χ0v) is 13.7. The van der Waals surface area contributed by atoms with Gasteiger partial charge in [0.1, 0.15) is 0 Å². The average Bonchev–Trinajstić information content (AvgIpc) is 2.58. The summed E-state index contributed by atoms with van der Waals surface area (Å²) in [6.45, 7) is 3.02. The molecule has 6 nitrogen and oxygen atoms in total. The molecule has 2 aromatic rings. The number of nitrogens with two attached hydrogens (primary N) is 1. The predicted molar refractivity (Wildman–Crippen MR) is 90.7 cm³/mol. The summed E-state index contributed by atoms with van der Waals surface area (Å²) >= 11 is 0. The van der Waals surface area contributed by atoms with Crippen LogP contribution in [-0.4, -0.2) is 25.2 Å². The van der Waals surface area contributed by atoms with Crippen LogP contribution < -0.4 is 20.5 Å². The number of rotatable bonds is 6. The van der Waals surface area contributed by atoms with Crippen LogP contribution in [0.1, 0.15) is 16.8 Å². The van der Waals surface area contributed by atoms with E-state index in [4.69, 9.17) is 15.2 Å². The molecule has 2 rings (SSSR count). The van der Waals surface area contributed by atoms with E-state index in [1.54, 1.807) is 20.4 Å². The first-order valence-electron chi connectivity index (χ1n) is 7.29. The van der Waals surface area contributed by atoms with Crippen molar-refractivity contribution in [3.05, 3.63) is 53.3 Å². The molecule has 122 valence electrons. The van der Waals surface area contributed by atoms with Crippen LogP contribution >= 0.6 is 0 Å². The molecular formula is C17H22N4O2. The number of hydrogen-bond donors (Lipinski definition) is 2. The Bertz CT molecular complexity index is 686. The number of methoxy groups -OCH3 is 2. The zero-order valence-electron chi connectivity index (χ0n) is 13.7. The maximum atomic E-state index is 5.90. The fourth-order valence-electron chi connectivity index (χ4n) is 2.09. The molecule has 0 spiro atoms. The monoisotopic (exact) mass is 314 g/mol. The van der Waals surface area contributed by atoms with Crippen LogP contribution in [0, 0.1) is 6.92 Å². The molecule has 6 heteroatoms. The van der Waals surface area contributed by atoms with E-state index in [1.165, 1.54) is 0 Å². The molecule has 3 N–H and O–H groups in total. The number of pyridine rings is 1. The lowest BCUT2D eigenvalue weighted by atomic mass is 10.2. The number of aryl methyl sites for hydroxylation is 1. The molecule has 1 aromatic carbocycles. The van der Waals surface area contributed by atoms with Crippen molar-refractivity contribution in [1.29, 1.82) is 0 Å². The lowest BCUT2D eigenvalue weighted by Crippen LogP contribution is -2.31. The summed E-state index contributed by atoms with van der Waals surface area (Å²) in [4.78, 5) is 8.64. The minimum absolute atomic E-state index is 0.379. The average molecular weight is 314 g/mol. The summed E-state index contributed by atoms with van der Waals surface area (Å²) in [5.41, 5.74) is 8.96. The second kappa shape index (κ2) is 8.03. The Labute approximate surface area is 136 Å². The number of ether oxygens (including phenoxy) is 2. The Morgan fingerprint density at radius 1 is 1.22 bits per heavy atom. The number of guanidine groups is 1. The molecule has 0 fully saturated rings. The van der Waals surface area contributed by atoms with Crippen LogP contribution in [0.15, 0.2) is 41.5 Å². The zero-order chi connectivity index (χ0) is 16.7. The van der Waals surface area contributed by atoms with Gasteiger partial charge in [-0.15, -0.1) is 0 Å². The second-order valence-electron chi connectivity index (χ2n) is 5.01. The maximum absolute atomic E-state index is 5.90. The Kier molecular flexibility index (Phi) is 5.80. The van der Waals surface area contributed by atoms with Crippen molar-refractivity contribution < 1.29 is 9.47 Å². The van der Waals surface area contributed by atoms with Crippen molar-refractivity contribution >= 4 is 5.96 Å². The third kappa shape index (κ3) is 4.60. The van der Waals surface area contributed by atoms with E-state index >= 15 is 0 Å². The summed E-state index contributed by atoms with van der Waals surface area (Å²) in [7, 11) is 3.22. The normalized spacial score (nSPS) is 11.2. The number of hydrogen-bond acceptors (Lipinski definition) is 4. The Hall–Kier alpha value is -2.76. The number of aliphatic imine (C=N–C) groups is 1. The molecule has 0 radical (unpaired) electrons. The van der Waals surface area contributed by atoms with Crippen LogP contribution in [-0.2, 0) is 13.1 Å². The van der Waals surface area contributed by atoms with Gasteiger partial charge in [0.15, 0.2) is 17.5 Å². The van der Waals surface area contributed by atoms with E-state index < -0.39 is 0 Å². The molecule has 0 amide bonds. The molecular weight excluding hydrogens is 292 g/mol. The van der Waals surface area contributed by atoms with Gasteiger partial charge in [-0.3, -0.25) is 4.98 Å². The van der Waals surface area contributed by atoms with Gasteiger partial charge >= 0.3 is 0 Å². The van der Waals surface area contributed by atoms with E-state index in [9.17, 15) is 0 Å². The van der Waals surface area contributed by atoms with Gasteiger partial charge < -0.3 is 20.5 Å². The molecule has 23 heavy (non-hydrogen) atoms. The molecule has 0 aliphatic heterocycles. The van der Waals surface area contributed by atoms with E-state index in [2.05, 4.69) is 15.3 Å². The molecule has 0 aliphatic carbocycles. The van der Waals surface area contributed by atoms with Gasteiger partial charge in [0.2, 0.25) is 0 Å². The highest BCUT2D eigenvalue weighted by Crippen LogP contribution is 2.27. The van der Waals surface area contributed by atoms with Gasteiger partial charge in [-0.2, -0.15) is 0 Å². The third-order valence-electron chi connectivity index (χ3n) is 3.43. The van der Waals surface area contributed by atoms with Gasteiger partial charge in [0, 0.05) is 6.20 Å². The summed E-state index contributed by atoms with van der Waals surface area (Å²) in [5.74, 6) is 1.75. The fourth-order valence-corrected chi connectivity index (χ4v) is 2.09. The largest absolute Gasteiger partial charge is 0.493 e. The van der Waals surface area contributed by atoms with Crippen LogP contribution in [0.25, 0.3) is 0 Å². The molecule has 0 aliphatic rings. The highest BCUT2D eigenvalue weighted by atomic mass is 16.5. The first kappa shape index (κ1) is 16.6. The number of aromatic nitrogens is 1. The van der Waals surface area contributed by atoms with E-state index in [0.29, 0.717) is 30.5 Å². The van der Waals surface area contributed by atoms with E-state index in [-0.39, 0.29) is 0 Å². The summed E-state index contributed by atoms with van der Waals surface area (Å²) in [6.07, 6.45) is 1.76. The number of benzene rings is 1. The lowest BCUT2D eigenvalue weighted by Gasteiger charge is -2.09. The van der Waals surface area contributed by atoms with Crippen LogP contribution in [0.4, 0.5) is 0 Å². The van der Waals surface area contributed by atoms with Crippen LogP contribution in [0.3, 0.4) is 0 Å². The summed E-state index contributed by atoms with van der Waals surface area (Å²) < 4.78 is 10.5. The fraction of sp³-hybridized carbons (Fsp3) is 0.294. The molecule has 1 heterocycles. The first-order valence-corrected chi connectivity index (χ1v) is 7.29. The smallest absolute Gasteiger partial charge is 0.189 e. The summed E-state index contributed by atoms with van der Waals surface area (Å²) in [6, 6.07) is 9.60. The molecule has 1 aromatic heterocycles. The van der Waals surface area contributed by atoms with Gasteiger partial charge in [0.05, 0.1) is 33.0 Å². The highest BCUT2D eigenvalue weighted by Gasteiger charge is 2.04. The van der Waals surface area contributed by atoms with Crippen molar-refractivity contribution in [3.8, 4) is 11.5 Å². The number of nitrogens with zero attached hydrogens (tertiary/aromatic N) is 2. The third-order valence-corrected chi connectivity index (χ3v) is 3.43. The van der Waals surface area contributed by atoms with Crippen LogP contribution in [0.5, 0.6) is 11.5 Å². The van der Waals surface area contributed by atoms with Gasteiger partial charge in [-0.25, -0.2) is 4.99 Å². The highest BCUT2D eigenvalue weighted by molar-refractivity contribution is 5.77. The minimum Gasteiger partial charge on any atom is -0.493 e. The van der Waals surface area contributed by atoms with Gasteiger partial charge in [-0.05, 0) is 36.2 Å². The van der Waals surface area contributed by atoms with Gasteiger partial charge in [-0.1, -0.05) is 12.1 Å². The molecule has 0 atom stereocenters. The molecule has 0 saturated carbocycles. The molecule has 0 saturated heterocycles.